The zero-order valence-electron chi connectivity index (χ0n) is 13.4. The van der Waals surface area contributed by atoms with E-state index in [1.807, 2.05) is 13.2 Å². The van der Waals surface area contributed by atoms with Crippen molar-refractivity contribution in [3.8, 4) is 11.5 Å². The minimum absolute atomic E-state index is 0.0984. The average Bonchev–Trinajstić information content (AvgIpc) is 3.28. The van der Waals surface area contributed by atoms with Crippen LogP contribution in [0.25, 0.3) is 0 Å². The number of fused-ring (bicyclic) bond motifs is 1. The lowest BCUT2D eigenvalue weighted by Gasteiger charge is -2.26. The number of aliphatic hydroxyl groups is 1. The molecule has 7 nitrogen and oxygen atoms in total. The van der Waals surface area contributed by atoms with Crippen molar-refractivity contribution in [2.75, 3.05) is 13.3 Å². The molecule has 2 aliphatic heterocycles. The van der Waals surface area contributed by atoms with Gasteiger partial charge in [-0.1, -0.05) is 0 Å². The molecule has 2 aromatic rings. The standard InChI is InChI=1S/C17H19N3O4/c1-19-9-11(8-18-19)6-13-14(21)4-5-20(13)17(22)12-2-3-15-16(7-12)24-10-23-15/h2-3,7-9,13-14,21H,4-6,10H2,1H3/t13-,14-/m1/s1. The van der Waals surface area contributed by atoms with Gasteiger partial charge in [0.1, 0.15) is 0 Å². The van der Waals surface area contributed by atoms with Crippen molar-refractivity contribution in [3.63, 3.8) is 0 Å². The van der Waals surface area contributed by atoms with Gasteiger partial charge in [0, 0.05) is 25.4 Å². The van der Waals surface area contributed by atoms with Crippen molar-refractivity contribution >= 4 is 5.91 Å². The molecule has 1 fully saturated rings. The summed E-state index contributed by atoms with van der Waals surface area (Å²) in [4.78, 5) is 14.6. The topological polar surface area (TPSA) is 76.8 Å². The van der Waals surface area contributed by atoms with Crippen molar-refractivity contribution < 1.29 is 19.4 Å². The maximum absolute atomic E-state index is 12.9. The molecule has 0 radical (unpaired) electrons. The fourth-order valence-electron chi connectivity index (χ4n) is 3.35. The second-order valence-electron chi connectivity index (χ2n) is 6.22. The van der Waals surface area contributed by atoms with Gasteiger partial charge in [0.05, 0.1) is 18.3 Å². The van der Waals surface area contributed by atoms with E-state index in [9.17, 15) is 9.90 Å². The fraction of sp³-hybridized carbons (Fsp3) is 0.412. The molecule has 3 heterocycles. The van der Waals surface area contributed by atoms with Gasteiger partial charge in [0.15, 0.2) is 11.5 Å². The monoisotopic (exact) mass is 329 g/mol. The fourth-order valence-corrected chi connectivity index (χ4v) is 3.35. The summed E-state index contributed by atoms with van der Waals surface area (Å²) < 4.78 is 12.3. The molecular weight excluding hydrogens is 310 g/mol. The van der Waals surface area contributed by atoms with Crippen molar-refractivity contribution in [2.24, 2.45) is 7.05 Å². The third-order valence-corrected chi connectivity index (χ3v) is 4.59. The SMILES string of the molecule is Cn1cc(C[C@@H]2[C@H](O)CCN2C(=O)c2ccc3c(c2)OCO3)cn1. The number of ether oxygens (including phenoxy) is 2. The second-order valence-corrected chi connectivity index (χ2v) is 6.22. The van der Waals surface area contributed by atoms with Crippen molar-refractivity contribution in [1.82, 2.24) is 14.7 Å². The van der Waals surface area contributed by atoms with Crippen LogP contribution >= 0.6 is 0 Å². The minimum atomic E-state index is -0.525. The summed E-state index contributed by atoms with van der Waals surface area (Å²) in [5.74, 6) is 1.14. The Labute approximate surface area is 139 Å². The number of aromatic nitrogens is 2. The van der Waals surface area contributed by atoms with E-state index in [4.69, 9.17) is 9.47 Å². The molecule has 2 atom stereocenters. The molecule has 7 heteroatoms. The maximum atomic E-state index is 12.9. The number of likely N-dealkylation sites (tertiary alicyclic amines) is 1. The lowest BCUT2D eigenvalue weighted by Crippen LogP contribution is -2.41. The van der Waals surface area contributed by atoms with Crippen LogP contribution in [0.5, 0.6) is 11.5 Å². The molecule has 1 saturated heterocycles. The van der Waals surface area contributed by atoms with Gasteiger partial charge < -0.3 is 19.5 Å². The summed E-state index contributed by atoms with van der Waals surface area (Å²) in [6.45, 7) is 0.721. The van der Waals surface area contributed by atoms with E-state index in [0.29, 0.717) is 36.4 Å². The normalized spacial score (nSPS) is 22.2. The Balaban J connectivity index is 1.56. The number of carbonyl (C=O) groups is 1. The first-order valence-corrected chi connectivity index (χ1v) is 7.98. The summed E-state index contributed by atoms with van der Waals surface area (Å²) in [7, 11) is 1.85. The summed E-state index contributed by atoms with van der Waals surface area (Å²) >= 11 is 0. The predicted octanol–water partition coefficient (Wildman–Crippen LogP) is 0.967. The predicted molar refractivity (Wildman–Crippen MR) is 84.9 cm³/mol. The number of hydrogen-bond donors (Lipinski definition) is 1. The molecule has 24 heavy (non-hydrogen) atoms. The zero-order valence-corrected chi connectivity index (χ0v) is 13.4. The van der Waals surface area contributed by atoms with Crippen LogP contribution in [0.2, 0.25) is 0 Å². The molecule has 1 aromatic heterocycles. The van der Waals surface area contributed by atoms with Crippen LogP contribution in [0.15, 0.2) is 30.6 Å². The van der Waals surface area contributed by atoms with Crippen LogP contribution in [0.1, 0.15) is 22.3 Å². The van der Waals surface area contributed by atoms with Crippen LogP contribution < -0.4 is 9.47 Å². The number of aliphatic hydroxyl groups excluding tert-OH is 1. The van der Waals surface area contributed by atoms with Gasteiger partial charge in [-0.05, 0) is 36.6 Å². The number of hydrogen-bond acceptors (Lipinski definition) is 5. The third kappa shape index (κ3) is 2.60. The van der Waals surface area contributed by atoms with E-state index >= 15 is 0 Å². The number of nitrogens with zero attached hydrogens (tertiary/aromatic N) is 3. The highest BCUT2D eigenvalue weighted by Gasteiger charge is 2.36. The van der Waals surface area contributed by atoms with Gasteiger partial charge in [-0.15, -0.1) is 0 Å². The molecule has 0 saturated carbocycles. The number of carbonyl (C=O) groups excluding carboxylic acids is 1. The second kappa shape index (κ2) is 5.83. The van der Waals surface area contributed by atoms with Gasteiger partial charge in [-0.2, -0.15) is 5.10 Å². The Bertz CT molecular complexity index is 773. The summed E-state index contributed by atoms with van der Waals surface area (Å²) in [6.07, 6.45) is 4.33. The molecule has 2 aliphatic rings. The van der Waals surface area contributed by atoms with E-state index in [-0.39, 0.29) is 18.7 Å². The first-order chi connectivity index (χ1) is 11.6. The lowest BCUT2D eigenvalue weighted by atomic mass is 10.0. The highest BCUT2D eigenvalue weighted by atomic mass is 16.7. The van der Waals surface area contributed by atoms with Crippen LogP contribution in [0, 0.1) is 0 Å². The van der Waals surface area contributed by atoms with E-state index in [2.05, 4.69) is 5.10 Å². The summed E-state index contributed by atoms with van der Waals surface area (Å²) in [5, 5.41) is 14.5. The zero-order chi connectivity index (χ0) is 16.7. The first kappa shape index (κ1) is 15.0. The first-order valence-electron chi connectivity index (χ1n) is 7.98. The molecule has 1 amide bonds. The van der Waals surface area contributed by atoms with E-state index in [1.165, 1.54) is 0 Å². The van der Waals surface area contributed by atoms with Gasteiger partial charge in [0.2, 0.25) is 6.79 Å². The van der Waals surface area contributed by atoms with Crippen molar-refractivity contribution in [3.05, 3.63) is 41.7 Å². The number of amides is 1. The Morgan fingerprint density at radius 2 is 2.21 bits per heavy atom. The third-order valence-electron chi connectivity index (χ3n) is 4.59. The Kier molecular flexibility index (Phi) is 3.65. The molecule has 0 aliphatic carbocycles. The Morgan fingerprint density at radius 1 is 1.38 bits per heavy atom. The Hall–Kier alpha value is -2.54. The van der Waals surface area contributed by atoms with Gasteiger partial charge >= 0.3 is 0 Å². The average molecular weight is 329 g/mol. The van der Waals surface area contributed by atoms with Gasteiger partial charge in [-0.25, -0.2) is 0 Å². The highest BCUT2D eigenvalue weighted by molar-refractivity contribution is 5.95. The smallest absolute Gasteiger partial charge is 0.254 e. The summed E-state index contributed by atoms with van der Waals surface area (Å²) in [6, 6.07) is 4.95. The largest absolute Gasteiger partial charge is 0.454 e. The van der Waals surface area contributed by atoms with E-state index in [1.54, 1.807) is 34.0 Å². The number of benzene rings is 1. The van der Waals surface area contributed by atoms with Crippen molar-refractivity contribution in [2.45, 2.75) is 25.0 Å². The number of aryl methyl sites for hydroxylation is 1. The molecule has 1 aromatic carbocycles. The maximum Gasteiger partial charge on any atom is 0.254 e. The van der Waals surface area contributed by atoms with Gasteiger partial charge in [0.25, 0.3) is 5.91 Å². The summed E-state index contributed by atoms with van der Waals surface area (Å²) in [5.41, 5.74) is 1.55. The molecule has 4 rings (SSSR count). The number of rotatable bonds is 3. The van der Waals surface area contributed by atoms with Crippen LogP contribution in [-0.4, -0.2) is 51.2 Å². The van der Waals surface area contributed by atoms with Gasteiger partial charge in [-0.3, -0.25) is 9.48 Å². The molecule has 1 N–H and O–H groups in total. The Morgan fingerprint density at radius 3 is 3.00 bits per heavy atom. The molecule has 0 spiro atoms. The molecular formula is C17H19N3O4. The highest BCUT2D eigenvalue weighted by Crippen LogP contribution is 2.33. The van der Waals surface area contributed by atoms with Crippen molar-refractivity contribution in [1.29, 1.82) is 0 Å². The molecule has 0 unspecified atom stereocenters. The van der Waals surface area contributed by atoms with Crippen LogP contribution in [0.3, 0.4) is 0 Å². The van der Waals surface area contributed by atoms with Crippen LogP contribution in [0.4, 0.5) is 0 Å². The van der Waals surface area contributed by atoms with E-state index < -0.39 is 6.10 Å². The molecule has 0 bridgehead atoms. The lowest BCUT2D eigenvalue weighted by molar-refractivity contribution is 0.0639. The van der Waals surface area contributed by atoms with Crippen LogP contribution in [-0.2, 0) is 13.5 Å². The minimum Gasteiger partial charge on any atom is -0.454 e. The quantitative estimate of drug-likeness (QED) is 0.908. The molecule has 126 valence electrons. The van der Waals surface area contributed by atoms with E-state index in [0.717, 1.165) is 5.56 Å².